The van der Waals surface area contributed by atoms with Crippen molar-refractivity contribution in [1.82, 2.24) is 14.7 Å². The Bertz CT molecular complexity index is 1820. The van der Waals surface area contributed by atoms with Gasteiger partial charge in [-0.05, 0) is 67.8 Å². The minimum Gasteiger partial charge on any atom is -0.478 e. The van der Waals surface area contributed by atoms with E-state index in [1.54, 1.807) is 53.2 Å². The molecule has 1 amide bonds. The van der Waals surface area contributed by atoms with Crippen LogP contribution in [-0.4, -0.2) is 55.9 Å². The Hall–Kier alpha value is -3.66. The van der Waals surface area contributed by atoms with Gasteiger partial charge < -0.3 is 15.2 Å². The summed E-state index contributed by atoms with van der Waals surface area (Å²) in [6.45, 7) is 2.51. The molecule has 3 aliphatic rings. The number of halogens is 3. The Labute approximate surface area is 276 Å². The average Bonchev–Trinajstić information content (AvgIpc) is 3.23. The molecule has 1 saturated carbocycles. The average molecular weight is 666 g/mol. The van der Waals surface area contributed by atoms with Gasteiger partial charge in [0.05, 0.1) is 27.5 Å². The fourth-order valence-electron chi connectivity index (χ4n) is 8.23. The summed E-state index contributed by atoms with van der Waals surface area (Å²) in [6.07, 6.45) is 6.18. The van der Waals surface area contributed by atoms with Gasteiger partial charge in [0.1, 0.15) is 18.0 Å². The van der Waals surface area contributed by atoms with E-state index < -0.39 is 23.2 Å². The second-order valence-corrected chi connectivity index (χ2v) is 13.7. The van der Waals surface area contributed by atoms with Crippen molar-refractivity contribution in [2.45, 2.75) is 75.5 Å². The molecule has 4 atom stereocenters. The smallest absolute Gasteiger partial charge is 0.335 e. The third-order valence-corrected chi connectivity index (χ3v) is 10.7. The predicted molar refractivity (Wildman–Crippen MR) is 175 cm³/mol. The zero-order valence-corrected chi connectivity index (χ0v) is 26.9. The fraction of sp³-hybridized carbons (Fsp3) is 0.400. The molecule has 2 fully saturated rings. The number of nitrogens with one attached hydrogen (secondary N) is 1. The molecule has 2 N–H and O–H groups in total. The monoisotopic (exact) mass is 664 g/mol. The zero-order chi connectivity index (χ0) is 32.2. The van der Waals surface area contributed by atoms with Crippen LogP contribution in [0.4, 0.5) is 10.1 Å². The minimum atomic E-state index is -1.21. The maximum Gasteiger partial charge on any atom is 0.335 e. The molecule has 8 nitrogen and oxygen atoms in total. The molecule has 3 aromatic carbocycles. The van der Waals surface area contributed by atoms with Gasteiger partial charge in [0.25, 0.3) is 0 Å². The molecular formula is C35H35Cl2FN4O4. The molecule has 0 bridgehead atoms. The van der Waals surface area contributed by atoms with Crippen LogP contribution in [0.25, 0.3) is 10.9 Å². The second-order valence-electron chi connectivity index (χ2n) is 12.9. The standard InChI is InChI=1S/C35H35Cl2FN4O4/c1-35(34(45)39-22-9-6-8-21(36)17-22)30(25-12-7-13-27(37)31(25)38)26-18-41-32(24-15-14-20(33(43)44)16-28(24)40-41)46-19-29(26)42(35)23-10-4-2-3-5-11-23/h6-9,12-17,23,26,29-30H,2-5,10-11,18-19H2,1H3,(H,39,45)(H,43,44)/t26-,29+,30+,35-/m1/s1. The highest BCUT2D eigenvalue weighted by Crippen LogP contribution is 2.55. The van der Waals surface area contributed by atoms with Gasteiger partial charge in [-0.15, -0.1) is 0 Å². The zero-order valence-electron chi connectivity index (χ0n) is 25.4. The van der Waals surface area contributed by atoms with Crippen LogP contribution in [0, 0.1) is 11.7 Å². The molecule has 46 heavy (non-hydrogen) atoms. The summed E-state index contributed by atoms with van der Waals surface area (Å²) in [5.41, 5.74) is 0.350. The fourth-order valence-corrected chi connectivity index (χ4v) is 8.60. The number of ether oxygens (including phenoxy) is 1. The highest BCUT2D eigenvalue weighted by molar-refractivity contribution is 6.31. The molecule has 3 heterocycles. The van der Waals surface area contributed by atoms with Crippen molar-refractivity contribution in [3.63, 3.8) is 0 Å². The molecule has 1 saturated heterocycles. The number of amides is 1. The minimum absolute atomic E-state index is 0.00356. The number of hydrogen-bond acceptors (Lipinski definition) is 5. The first kappa shape index (κ1) is 31.0. The van der Waals surface area contributed by atoms with Gasteiger partial charge in [0.15, 0.2) is 0 Å². The normalized spacial score (nSPS) is 25.3. The van der Waals surface area contributed by atoms with Crippen LogP contribution in [0.15, 0.2) is 60.7 Å². The van der Waals surface area contributed by atoms with Crippen LogP contribution >= 0.6 is 23.2 Å². The lowest BCUT2D eigenvalue weighted by Gasteiger charge is -2.44. The maximum absolute atomic E-state index is 16.2. The van der Waals surface area contributed by atoms with E-state index in [-0.39, 0.29) is 41.1 Å². The Balaban J connectivity index is 1.40. The third kappa shape index (κ3) is 5.22. The van der Waals surface area contributed by atoms with E-state index in [1.807, 2.05) is 6.92 Å². The number of carbonyl (C=O) groups is 2. The van der Waals surface area contributed by atoms with E-state index in [0.29, 0.717) is 39.6 Å². The SMILES string of the molecule is C[C@]1(C(=O)Nc2cccc(Cl)c2)[C@@H](c2cccc(Cl)c2F)[C@@H]2Cn3nc4cc(C(=O)O)ccc4c3OC[C@@H]2N1C1CCCCCC1. The van der Waals surface area contributed by atoms with E-state index in [4.69, 9.17) is 33.0 Å². The highest BCUT2D eigenvalue weighted by atomic mass is 35.5. The lowest BCUT2D eigenvalue weighted by Crippen LogP contribution is -2.60. The molecule has 1 aliphatic carbocycles. The van der Waals surface area contributed by atoms with E-state index >= 15 is 4.39 Å². The number of fused-ring (bicyclic) bond motifs is 4. The number of nitrogens with zero attached hydrogens (tertiary/aromatic N) is 3. The molecule has 0 spiro atoms. The highest BCUT2D eigenvalue weighted by Gasteiger charge is 2.63. The first-order valence-electron chi connectivity index (χ1n) is 15.8. The van der Waals surface area contributed by atoms with Crippen molar-refractivity contribution in [2.75, 3.05) is 11.9 Å². The van der Waals surface area contributed by atoms with E-state index in [0.717, 1.165) is 38.5 Å². The summed E-state index contributed by atoms with van der Waals surface area (Å²) in [5, 5.41) is 18.7. The number of benzene rings is 3. The van der Waals surface area contributed by atoms with Gasteiger partial charge in [-0.1, -0.05) is 67.1 Å². The second kappa shape index (κ2) is 12.2. The van der Waals surface area contributed by atoms with Crippen molar-refractivity contribution < 1.29 is 23.8 Å². The summed E-state index contributed by atoms with van der Waals surface area (Å²) in [7, 11) is 0. The summed E-state index contributed by atoms with van der Waals surface area (Å²) in [5.74, 6) is -2.24. The number of carboxylic acids is 1. The number of rotatable bonds is 5. The number of aromatic carboxylic acids is 1. The first-order chi connectivity index (χ1) is 22.2. The Morgan fingerprint density at radius 1 is 1.04 bits per heavy atom. The largest absolute Gasteiger partial charge is 0.478 e. The Kier molecular flexibility index (Phi) is 8.19. The maximum atomic E-state index is 16.2. The quantitative estimate of drug-likeness (QED) is 0.212. The molecule has 2 aliphatic heterocycles. The lowest BCUT2D eigenvalue weighted by molar-refractivity contribution is -0.129. The first-order valence-corrected chi connectivity index (χ1v) is 16.6. The van der Waals surface area contributed by atoms with Crippen LogP contribution in [0.1, 0.15) is 67.3 Å². The Morgan fingerprint density at radius 3 is 2.54 bits per heavy atom. The molecular weight excluding hydrogens is 630 g/mol. The Morgan fingerprint density at radius 2 is 1.80 bits per heavy atom. The number of anilines is 1. The lowest BCUT2D eigenvalue weighted by atomic mass is 9.74. The summed E-state index contributed by atoms with van der Waals surface area (Å²) < 4.78 is 24.5. The van der Waals surface area contributed by atoms with Crippen molar-refractivity contribution >= 4 is 51.7 Å². The van der Waals surface area contributed by atoms with Gasteiger partial charge >= 0.3 is 5.97 Å². The van der Waals surface area contributed by atoms with Crippen molar-refractivity contribution in [3.8, 4) is 5.88 Å². The van der Waals surface area contributed by atoms with Crippen LogP contribution in [0.5, 0.6) is 5.88 Å². The molecule has 4 aromatic rings. The van der Waals surface area contributed by atoms with Crippen molar-refractivity contribution in [1.29, 1.82) is 0 Å². The molecule has 0 unspecified atom stereocenters. The number of aromatic nitrogens is 2. The number of carboxylic acid groups (broad SMARTS) is 1. The van der Waals surface area contributed by atoms with Gasteiger partial charge in [-0.3, -0.25) is 9.69 Å². The van der Waals surface area contributed by atoms with Crippen molar-refractivity contribution in [2.24, 2.45) is 5.92 Å². The summed E-state index contributed by atoms with van der Waals surface area (Å²) >= 11 is 12.7. The molecule has 240 valence electrons. The molecule has 11 heteroatoms. The summed E-state index contributed by atoms with van der Waals surface area (Å²) in [6, 6.07) is 16.6. The van der Waals surface area contributed by atoms with Crippen molar-refractivity contribution in [3.05, 3.63) is 87.7 Å². The van der Waals surface area contributed by atoms with E-state index in [2.05, 4.69) is 10.2 Å². The van der Waals surface area contributed by atoms with Crippen LogP contribution in [0.3, 0.4) is 0 Å². The van der Waals surface area contributed by atoms with Gasteiger partial charge in [-0.2, -0.15) is 5.10 Å². The van der Waals surface area contributed by atoms with Gasteiger partial charge in [0.2, 0.25) is 11.8 Å². The predicted octanol–water partition coefficient (Wildman–Crippen LogP) is 7.78. The molecule has 1 aromatic heterocycles. The molecule has 7 rings (SSSR count). The van der Waals surface area contributed by atoms with Gasteiger partial charge in [-0.25, -0.2) is 13.9 Å². The van der Waals surface area contributed by atoms with E-state index in [1.165, 1.54) is 12.1 Å². The van der Waals surface area contributed by atoms with Crippen LogP contribution < -0.4 is 10.1 Å². The van der Waals surface area contributed by atoms with Gasteiger partial charge in [0, 0.05) is 35.1 Å². The van der Waals surface area contributed by atoms with E-state index in [9.17, 15) is 14.7 Å². The molecule has 0 radical (unpaired) electrons. The van der Waals surface area contributed by atoms with Crippen LogP contribution in [-0.2, 0) is 11.3 Å². The summed E-state index contributed by atoms with van der Waals surface area (Å²) in [4.78, 5) is 28.8. The number of carbonyl (C=O) groups excluding carboxylic acids is 1. The third-order valence-electron chi connectivity index (χ3n) is 10.2. The topological polar surface area (TPSA) is 96.7 Å². The van der Waals surface area contributed by atoms with Crippen LogP contribution in [0.2, 0.25) is 10.0 Å². The number of likely N-dealkylation sites (tertiary alicyclic amines) is 1. The number of hydrogen-bond donors (Lipinski definition) is 2.